The van der Waals surface area contributed by atoms with Gasteiger partial charge in [0.25, 0.3) is 5.56 Å². The average Bonchev–Trinajstić information content (AvgIpc) is 2.45. The molecule has 0 aliphatic carbocycles. The van der Waals surface area contributed by atoms with E-state index < -0.39 is 0 Å². The monoisotopic (exact) mass is 280 g/mol. The van der Waals surface area contributed by atoms with Crippen LogP contribution < -0.4 is 5.56 Å². The van der Waals surface area contributed by atoms with Crippen LogP contribution in [0.15, 0.2) is 46.3 Å². The largest absolute Gasteiger partial charge is 0.367 e. The van der Waals surface area contributed by atoms with Crippen molar-refractivity contribution in [3.63, 3.8) is 0 Å². The number of nitrogens with zero attached hydrogens (tertiary/aromatic N) is 4. The summed E-state index contributed by atoms with van der Waals surface area (Å²) in [5.74, 6) is 0.570. The van der Waals surface area contributed by atoms with E-state index in [0.717, 1.165) is 10.8 Å². The van der Waals surface area contributed by atoms with E-state index in [4.69, 9.17) is 0 Å². The molecule has 0 spiro atoms. The number of benzene rings is 2. The second-order valence-electron chi connectivity index (χ2n) is 5.19. The Balaban J connectivity index is 2.33. The lowest BCUT2D eigenvalue weighted by Gasteiger charge is -2.08. The Morgan fingerprint density at radius 2 is 1.86 bits per heavy atom. The predicted octanol–water partition coefficient (Wildman–Crippen LogP) is 2.21. The smallest absolute Gasteiger partial charge is 0.282 e. The fraction of sp³-hybridized carbons (Fsp3) is 0.188. The van der Waals surface area contributed by atoms with Crippen LogP contribution in [-0.2, 0) is 0 Å². The Bertz CT molecular complexity index is 909. The molecule has 0 radical (unpaired) electrons. The van der Waals surface area contributed by atoms with Crippen molar-refractivity contribution in [1.29, 1.82) is 0 Å². The van der Waals surface area contributed by atoms with Crippen molar-refractivity contribution in [2.75, 3.05) is 14.1 Å². The van der Waals surface area contributed by atoms with E-state index in [9.17, 15) is 4.79 Å². The van der Waals surface area contributed by atoms with Gasteiger partial charge in [0.2, 0.25) is 0 Å². The van der Waals surface area contributed by atoms with E-state index in [-0.39, 0.29) is 5.56 Å². The molecule has 2 aromatic carbocycles. The third-order valence-corrected chi connectivity index (χ3v) is 3.27. The first-order valence-electron chi connectivity index (χ1n) is 6.69. The van der Waals surface area contributed by atoms with E-state index in [1.54, 1.807) is 18.2 Å². The lowest BCUT2D eigenvalue weighted by Crippen LogP contribution is -2.22. The Kier molecular flexibility index (Phi) is 3.17. The van der Waals surface area contributed by atoms with E-state index in [0.29, 0.717) is 16.7 Å². The van der Waals surface area contributed by atoms with Crippen LogP contribution in [0.5, 0.6) is 0 Å². The minimum Gasteiger partial charge on any atom is -0.367 e. The maximum atomic E-state index is 12.6. The molecule has 1 heterocycles. The van der Waals surface area contributed by atoms with Gasteiger partial charge in [0, 0.05) is 14.1 Å². The summed E-state index contributed by atoms with van der Waals surface area (Å²) in [4.78, 5) is 18.9. The molecule has 0 saturated heterocycles. The van der Waals surface area contributed by atoms with Gasteiger partial charge in [-0.05, 0) is 29.8 Å². The van der Waals surface area contributed by atoms with Crippen LogP contribution in [0, 0.1) is 6.92 Å². The topological polar surface area (TPSA) is 50.5 Å². The van der Waals surface area contributed by atoms with Gasteiger partial charge in [-0.15, -0.1) is 0 Å². The van der Waals surface area contributed by atoms with E-state index >= 15 is 0 Å². The first-order chi connectivity index (χ1) is 10.1. The van der Waals surface area contributed by atoms with Crippen molar-refractivity contribution in [3.8, 4) is 0 Å². The van der Waals surface area contributed by atoms with Gasteiger partial charge in [0.15, 0.2) is 0 Å². The highest BCUT2D eigenvalue weighted by atomic mass is 16.1. The molecule has 0 atom stereocenters. The van der Waals surface area contributed by atoms with Gasteiger partial charge in [-0.2, -0.15) is 9.78 Å². The Morgan fingerprint density at radius 3 is 2.52 bits per heavy atom. The lowest BCUT2D eigenvalue weighted by atomic mass is 10.1. The van der Waals surface area contributed by atoms with Crippen LogP contribution in [-0.4, -0.2) is 35.0 Å². The van der Waals surface area contributed by atoms with E-state index in [1.165, 1.54) is 4.68 Å². The van der Waals surface area contributed by atoms with Gasteiger partial charge in [-0.1, -0.05) is 24.3 Å². The second kappa shape index (κ2) is 5.01. The summed E-state index contributed by atoms with van der Waals surface area (Å²) in [5.41, 5.74) is 0.550. The van der Waals surface area contributed by atoms with Gasteiger partial charge in [0.05, 0.1) is 10.9 Å². The van der Waals surface area contributed by atoms with Gasteiger partial charge < -0.3 is 4.90 Å². The highest BCUT2D eigenvalue weighted by molar-refractivity contribution is 5.96. The number of rotatable bonds is 2. The molecular formula is C16H16N4O. The first-order valence-corrected chi connectivity index (χ1v) is 6.69. The molecular weight excluding hydrogens is 264 g/mol. The van der Waals surface area contributed by atoms with Crippen LogP contribution in [0.25, 0.3) is 21.7 Å². The van der Waals surface area contributed by atoms with Gasteiger partial charge >= 0.3 is 0 Å². The van der Waals surface area contributed by atoms with Gasteiger partial charge in [-0.3, -0.25) is 4.79 Å². The van der Waals surface area contributed by atoms with Crippen molar-refractivity contribution < 1.29 is 0 Å². The normalized spacial score (nSPS) is 11.6. The zero-order valence-corrected chi connectivity index (χ0v) is 12.2. The van der Waals surface area contributed by atoms with Crippen molar-refractivity contribution in [2.24, 2.45) is 5.10 Å². The lowest BCUT2D eigenvalue weighted by molar-refractivity contribution is 0.626. The molecule has 1 aromatic heterocycles. The van der Waals surface area contributed by atoms with E-state index in [1.807, 2.05) is 50.5 Å². The molecule has 0 bridgehead atoms. The quantitative estimate of drug-likeness (QED) is 0.411. The number of hydrogen-bond donors (Lipinski definition) is 0. The zero-order valence-electron chi connectivity index (χ0n) is 12.2. The third-order valence-electron chi connectivity index (χ3n) is 3.27. The number of aromatic nitrogens is 2. The summed E-state index contributed by atoms with van der Waals surface area (Å²) >= 11 is 0. The fourth-order valence-electron chi connectivity index (χ4n) is 2.27. The minimum atomic E-state index is -0.152. The molecule has 3 aromatic rings. The molecule has 0 amide bonds. The zero-order chi connectivity index (χ0) is 15.0. The summed E-state index contributed by atoms with van der Waals surface area (Å²) in [5, 5.41) is 6.86. The van der Waals surface area contributed by atoms with Crippen LogP contribution in [0.2, 0.25) is 0 Å². The van der Waals surface area contributed by atoms with Gasteiger partial charge in [0.1, 0.15) is 12.2 Å². The molecule has 0 saturated carbocycles. The molecule has 21 heavy (non-hydrogen) atoms. The van der Waals surface area contributed by atoms with Crippen LogP contribution >= 0.6 is 0 Å². The number of aryl methyl sites for hydroxylation is 1. The number of fused-ring (bicyclic) bond motifs is 2. The molecule has 5 nitrogen and oxygen atoms in total. The average molecular weight is 280 g/mol. The molecule has 0 fully saturated rings. The van der Waals surface area contributed by atoms with Crippen molar-refractivity contribution >= 4 is 28.0 Å². The van der Waals surface area contributed by atoms with Crippen LogP contribution in [0.1, 0.15) is 5.82 Å². The summed E-state index contributed by atoms with van der Waals surface area (Å²) in [7, 11) is 3.71. The summed E-state index contributed by atoms with van der Waals surface area (Å²) in [6.07, 6.45) is 1.59. The molecule has 0 N–H and O–H groups in total. The summed E-state index contributed by atoms with van der Waals surface area (Å²) < 4.78 is 1.33. The molecule has 5 heteroatoms. The molecule has 0 unspecified atom stereocenters. The molecule has 0 aliphatic rings. The van der Waals surface area contributed by atoms with Crippen LogP contribution in [0.4, 0.5) is 0 Å². The second-order valence-corrected chi connectivity index (χ2v) is 5.19. The van der Waals surface area contributed by atoms with E-state index in [2.05, 4.69) is 10.1 Å². The SMILES string of the molecule is Cc1nc2cc3ccccc3cc2c(=O)n1N=CN(C)C. The molecule has 106 valence electrons. The maximum Gasteiger partial charge on any atom is 0.282 e. The van der Waals surface area contributed by atoms with Gasteiger partial charge in [-0.25, -0.2) is 4.98 Å². The standard InChI is InChI=1S/C16H16N4O/c1-11-18-15-9-13-7-5-4-6-12(13)8-14(15)16(21)20(11)17-10-19(2)3/h4-10H,1-3H3. The fourth-order valence-corrected chi connectivity index (χ4v) is 2.27. The Hall–Kier alpha value is -2.69. The van der Waals surface area contributed by atoms with Crippen molar-refractivity contribution in [3.05, 3.63) is 52.6 Å². The van der Waals surface area contributed by atoms with Crippen LogP contribution in [0.3, 0.4) is 0 Å². The minimum absolute atomic E-state index is 0.152. The molecule has 0 aliphatic heterocycles. The highest BCUT2D eigenvalue weighted by Gasteiger charge is 2.08. The molecule has 3 rings (SSSR count). The van der Waals surface area contributed by atoms with Crippen molar-refractivity contribution in [1.82, 2.24) is 14.6 Å². The Morgan fingerprint density at radius 1 is 1.19 bits per heavy atom. The Labute approximate surface area is 122 Å². The maximum absolute atomic E-state index is 12.6. The number of hydrogen-bond acceptors (Lipinski definition) is 3. The first kappa shape index (κ1) is 13.3. The summed E-state index contributed by atoms with van der Waals surface area (Å²) in [6.45, 7) is 1.78. The third kappa shape index (κ3) is 2.38. The highest BCUT2D eigenvalue weighted by Crippen LogP contribution is 2.19. The van der Waals surface area contributed by atoms with Crippen molar-refractivity contribution in [2.45, 2.75) is 6.92 Å². The summed E-state index contributed by atoms with van der Waals surface area (Å²) in [6, 6.07) is 11.8. The predicted molar refractivity (Wildman–Crippen MR) is 85.8 cm³/mol.